The van der Waals surface area contributed by atoms with E-state index in [2.05, 4.69) is 10.1 Å². The maximum Gasteiger partial charge on any atom is 0.339 e. The molecule has 1 atom stereocenters. The zero-order valence-electron chi connectivity index (χ0n) is 15.7. The average molecular weight is 448 g/mol. The molecule has 1 aliphatic heterocycles. The summed E-state index contributed by atoms with van der Waals surface area (Å²) in [5.41, 5.74) is 0.927. The lowest BCUT2D eigenvalue weighted by atomic mass is 10.2. The monoisotopic (exact) mass is 448 g/mol. The molecule has 0 spiro atoms. The number of halogens is 1. The van der Waals surface area contributed by atoms with E-state index in [-0.39, 0.29) is 40.9 Å². The Morgan fingerprint density at radius 1 is 1.20 bits per heavy atom. The molecule has 2 aromatic carbocycles. The van der Waals surface area contributed by atoms with Crippen molar-refractivity contribution in [3.8, 4) is 11.4 Å². The third-order valence-corrected chi connectivity index (χ3v) is 7.81. The molecule has 2 heterocycles. The number of aromatic nitrogens is 2. The van der Waals surface area contributed by atoms with E-state index in [4.69, 9.17) is 9.26 Å². The summed E-state index contributed by atoms with van der Waals surface area (Å²) in [6, 6.07) is 12.5. The lowest BCUT2D eigenvalue weighted by molar-refractivity contribution is 0.0425. The van der Waals surface area contributed by atoms with Gasteiger partial charge in [-0.25, -0.2) is 17.6 Å². The van der Waals surface area contributed by atoms with Gasteiger partial charge in [0.05, 0.1) is 17.1 Å². The zero-order valence-corrected chi connectivity index (χ0v) is 17.3. The van der Waals surface area contributed by atoms with Crippen LogP contribution in [0.15, 0.2) is 57.9 Å². The highest BCUT2D eigenvalue weighted by molar-refractivity contribution is 8.02. The smallest absolute Gasteiger partial charge is 0.339 e. The number of esters is 1. The number of ether oxygens (including phenoxy) is 1. The molecule has 4 rings (SSSR count). The minimum absolute atomic E-state index is 0.0850. The second-order valence-corrected chi connectivity index (χ2v) is 10.3. The lowest BCUT2D eigenvalue weighted by Gasteiger charge is -2.11. The maximum absolute atomic E-state index is 13.0. The number of thioether (sulfide) groups is 1. The fraction of sp³-hybridized carbons (Fsp3) is 0.250. The highest BCUT2D eigenvalue weighted by Crippen LogP contribution is 2.33. The van der Waals surface area contributed by atoms with E-state index in [1.54, 1.807) is 24.3 Å². The van der Waals surface area contributed by atoms with Gasteiger partial charge in [0.25, 0.3) is 5.89 Å². The topological polar surface area (TPSA) is 99.4 Å². The van der Waals surface area contributed by atoms with Crippen LogP contribution in [0.4, 0.5) is 4.39 Å². The Morgan fingerprint density at radius 3 is 2.70 bits per heavy atom. The molecular weight excluding hydrogens is 431 g/mol. The molecule has 0 radical (unpaired) electrons. The Hall–Kier alpha value is -2.72. The predicted octanol–water partition coefficient (Wildman–Crippen LogP) is 3.51. The van der Waals surface area contributed by atoms with Gasteiger partial charge < -0.3 is 9.26 Å². The van der Waals surface area contributed by atoms with E-state index in [0.29, 0.717) is 22.4 Å². The molecule has 0 amide bonds. The van der Waals surface area contributed by atoms with Gasteiger partial charge in [-0.05, 0) is 42.8 Å². The molecule has 1 aromatic heterocycles. The van der Waals surface area contributed by atoms with E-state index < -0.39 is 15.8 Å². The van der Waals surface area contributed by atoms with Crippen LogP contribution in [0, 0.1) is 5.82 Å². The van der Waals surface area contributed by atoms with Crippen LogP contribution in [0.3, 0.4) is 0 Å². The van der Waals surface area contributed by atoms with Gasteiger partial charge in [0.1, 0.15) is 5.82 Å². The van der Waals surface area contributed by atoms with Gasteiger partial charge in [0, 0.05) is 15.7 Å². The summed E-state index contributed by atoms with van der Waals surface area (Å²) in [4.78, 5) is 17.4. The summed E-state index contributed by atoms with van der Waals surface area (Å²) < 4.78 is 46.8. The summed E-state index contributed by atoms with van der Waals surface area (Å²) in [6.45, 7) is -0.218. The predicted molar refractivity (Wildman–Crippen MR) is 108 cm³/mol. The van der Waals surface area contributed by atoms with Crippen LogP contribution >= 0.6 is 11.8 Å². The molecule has 0 bridgehead atoms. The van der Waals surface area contributed by atoms with Crippen molar-refractivity contribution < 1.29 is 26.9 Å². The number of nitrogens with zero attached hydrogens (tertiary/aromatic N) is 2. The third-order valence-electron chi connectivity index (χ3n) is 4.49. The Balaban J connectivity index is 1.41. The van der Waals surface area contributed by atoms with Crippen molar-refractivity contribution in [2.45, 2.75) is 23.2 Å². The highest BCUT2D eigenvalue weighted by atomic mass is 32.2. The van der Waals surface area contributed by atoms with Gasteiger partial charge in [-0.2, -0.15) is 4.98 Å². The number of sulfone groups is 1. The Kier molecular flexibility index (Phi) is 5.87. The normalized spacial score (nSPS) is 17.7. The van der Waals surface area contributed by atoms with E-state index in [1.165, 1.54) is 36.0 Å². The molecule has 7 nitrogen and oxygen atoms in total. The van der Waals surface area contributed by atoms with Gasteiger partial charge >= 0.3 is 5.97 Å². The first-order chi connectivity index (χ1) is 14.4. The van der Waals surface area contributed by atoms with Gasteiger partial charge in [-0.3, -0.25) is 0 Å². The first kappa shape index (κ1) is 20.5. The molecule has 0 aliphatic carbocycles. The van der Waals surface area contributed by atoms with Crippen molar-refractivity contribution in [1.29, 1.82) is 0 Å². The summed E-state index contributed by atoms with van der Waals surface area (Å²) in [5, 5.41) is 3.72. The maximum atomic E-state index is 13.0. The van der Waals surface area contributed by atoms with Crippen LogP contribution in [-0.2, 0) is 21.2 Å². The molecule has 1 saturated heterocycles. The minimum atomic E-state index is -3.00. The van der Waals surface area contributed by atoms with Crippen molar-refractivity contribution in [2.75, 3.05) is 11.5 Å². The molecule has 1 aliphatic rings. The molecule has 0 saturated carbocycles. The largest absolute Gasteiger partial charge is 0.452 e. The van der Waals surface area contributed by atoms with Gasteiger partial charge in [-0.15, -0.1) is 11.8 Å². The van der Waals surface area contributed by atoms with E-state index in [9.17, 15) is 17.6 Å². The van der Waals surface area contributed by atoms with Crippen molar-refractivity contribution in [1.82, 2.24) is 10.1 Å². The Labute approximate surface area is 176 Å². The summed E-state index contributed by atoms with van der Waals surface area (Å²) in [5.74, 6) is -0.294. The van der Waals surface area contributed by atoms with Gasteiger partial charge in [0.15, 0.2) is 16.4 Å². The van der Waals surface area contributed by atoms with Crippen LogP contribution in [-0.4, -0.2) is 41.3 Å². The molecule has 3 aromatic rings. The number of carbonyl (C=O) groups excluding carboxylic acids is 1. The molecular formula is C20H17FN2O5S2. The van der Waals surface area contributed by atoms with Crippen LogP contribution in [0.2, 0.25) is 0 Å². The molecule has 1 unspecified atom stereocenters. The van der Waals surface area contributed by atoms with E-state index >= 15 is 0 Å². The van der Waals surface area contributed by atoms with Crippen LogP contribution in [0.5, 0.6) is 0 Å². The van der Waals surface area contributed by atoms with Gasteiger partial charge in [-0.1, -0.05) is 17.3 Å². The lowest BCUT2D eigenvalue weighted by Crippen LogP contribution is -2.10. The number of hydrogen-bond donors (Lipinski definition) is 0. The number of benzene rings is 2. The zero-order chi connectivity index (χ0) is 21.1. The second-order valence-electron chi connectivity index (χ2n) is 6.73. The van der Waals surface area contributed by atoms with Crippen molar-refractivity contribution in [3.05, 3.63) is 65.8 Å². The highest BCUT2D eigenvalue weighted by Gasteiger charge is 2.29. The summed E-state index contributed by atoms with van der Waals surface area (Å²) in [6.07, 6.45) is 0.560. The first-order valence-corrected chi connectivity index (χ1v) is 11.8. The van der Waals surface area contributed by atoms with Gasteiger partial charge in [0.2, 0.25) is 5.82 Å². The van der Waals surface area contributed by atoms with E-state index in [0.717, 1.165) is 0 Å². The first-order valence-electron chi connectivity index (χ1n) is 9.11. The van der Waals surface area contributed by atoms with Crippen molar-refractivity contribution in [2.24, 2.45) is 0 Å². The Morgan fingerprint density at radius 2 is 1.97 bits per heavy atom. The number of rotatable bonds is 6. The van der Waals surface area contributed by atoms with Crippen LogP contribution in [0.25, 0.3) is 11.4 Å². The summed E-state index contributed by atoms with van der Waals surface area (Å²) in [7, 11) is -3.00. The van der Waals surface area contributed by atoms with Crippen LogP contribution in [0.1, 0.15) is 22.7 Å². The fourth-order valence-electron chi connectivity index (χ4n) is 3.01. The molecule has 10 heteroatoms. The van der Waals surface area contributed by atoms with Crippen LogP contribution < -0.4 is 0 Å². The van der Waals surface area contributed by atoms with Crippen molar-refractivity contribution >= 4 is 27.6 Å². The minimum Gasteiger partial charge on any atom is -0.452 e. The van der Waals surface area contributed by atoms with Crippen molar-refractivity contribution in [3.63, 3.8) is 0 Å². The molecule has 0 N–H and O–H groups in total. The Bertz CT molecular complexity index is 1160. The third kappa shape index (κ3) is 4.88. The fourth-order valence-corrected chi connectivity index (χ4v) is 6.62. The number of hydrogen-bond acceptors (Lipinski definition) is 8. The van der Waals surface area contributed by atoms with E-state index in [1.807, 2.05) is 0 Å². The SMILES string of the molecule is O=C(OCc1nc(-c2ccc(F)cc2)no1)c1ccccc1SC1CCS(=O)(=O)C1. The summed E-state index contributed by atoms with van der Waals surface area (Å²) >= 11 is 1.37. The molecule has 30 heavy (non-hydrogen) atoms. The molecule has 156 valence electrons. The quantitative estimate of drug-likeness (QED) is 0.528. The second kappa shape index (κ2) is 8.57. The standard InChI is InChI=1S/C20H17FN2O5S2/c21-14-7-5-13(6-8-14)19-22-18(28-23-19)11-27-20(24)16-3-1-2-4-17(16)29-15-9-10-30(25,26)12-15/h1-8,15H,9-12H2. The number of carbonyl (C=O) groups is 1. The average Bonchev–Trinajstić information content (AvgIpc) is 3.33. The molecule has 1 fully saturated rings.